The number of amides is 2. The summed E-state index contributed by atoms with van der Waals surface area (Å²) < 4.78 is 26.1. The molecule has 0 saturated carbocycles. The zero-order valence-electron chi connectivity index (χ0n) is 21.6. The van der Waals surface area contributed by atoms with Crippen molar-refractivity contribution in [2.24, 2.45) is 0 Å². The molecule has 0 spiro atoms. The van der Waals surface area contributed by atoms with Crippen molar-refractivity contribution in [3.63, 3.8) is 0 Å². The Morgan fingerprint density at radius 2 is 1.85 bits per heavy atom. The van der Waals surface area contributed by atoms with E-state index in [2.05, 4.69) is 25.6 Å². The van der Waals surface area contributed by atoms with Crippen molar-refractivity contribution in [2.45, 2.75) is 50.1 Å². The highest BCUT2D eigenvalue weighted by Crippen LogP contribution is 2.38. The number of anilines is 1. The quantitative estimate of drug-likeness (QED) is 0.276. The number of carbonyl (C=O) groups excluding carboxylic acids is 2. The van der Waals surface area contributed by atoms with Crippen LogP contribution in [0.2, 0.25) is 5.02 Å². The van der Waals surface area contributed by atoms with Crippen LogP contribution in [0.4, 0.5) is 5.00 Å². The molecule has 3 heterocycles. The molecule has 12 heteroatoms. The van der Waals surface area contributed by atoms with Crippen LogP contribution < -0.4 is 10.6 Å². The van der Waals surface area contributed by atoms with E-state index in [1.807, 2.05) is 19.1 Å². The van der Waals surface area contributed by atoms with Crippen molar-refractivity contribution in [3.8, 4) is 0 Å². The largest absolute Gasteiger partial charge is 0.348 e. The third-order valence-corrected chi connectivity index (χ3v) is 9.41. The molecule has 2 amide bonds. The van der Waals surface area contributed by atoms with Crippen molar-refractivity contribution in [1.29, 1.82) is 0 Å². The van der Waals surface area contributed by atoms with Crippen molar-refractivity contribution in [3.05, 3.63) is 98.4 Å². The van der Waals surface area contributed by atoms with Gasteiger partial charge in [-0.15, -0.1) is 11.3 Å². The van der Waals surface area contributed by atoms with Crippen molar-refractivity contribution in [1.82, 2.24) is 20.3 Å². The Kier molecular flexibility index (Phi) is 8.24. The van der Waals surface area contributed by atoms with Gasteiger partial charge in [0.05, 0.1) is 22.5 Å². The molecule has 9 nitrogen and oxygen atoms in total. The van der Waals surface area contributed by atoms with E-state index in [4.69, 9.17) is 11.6 Å². The van der Waals surface area contributed by atoms with Gasteiger partial charge in [0.2, 0.25) is 15.0 Å². The van der Waals surface area contributed by atoms with Gasteiger partial charge in [-0.2, -0.15) is 0 Å². The zero-order chi connectivity index (χ0) is 28.3. The molecule has 1 aliphatic rings. The predicted molar refractivity (Wildman–Crippen MR) is 153 cm³/mol. The molecule has 0 atom stereocenters. The number of thiophene rings is 1. The van der Waals surface area contributed by atoms with Crippen LogP contribution >= 0.6 is 22.9 Å². The molecular formula is C28H26ClN5O4S2. The minimum atomic E-state index is -3.96. The molecule has 3 aromatic heterocycles. The average molecular weight is 596 g/mol. The van der Waals surface area contributed by atoms with E-state index < -0.39 is 20.9 Å². The maximum absolute atomic E-state index is 13.4. The van der Waals surface area contributed by atoms with E-state index in [0.29, 0.717) is 16.1 Å². The molecule has 40 heavy (non-hydrogen) atoms. The van der Waals surface area contributed by atoms with Crippen LogP contribution in [0, 0.1) is 6.92 Å². The van der Waals surface area contributed by atoms with Crippen LogP contribution in [-0.2, 0) is 35.0 Å². The maximum Gasteiger partial charge on any atom is 0.276 e. The van der Waals surface area contributed by atoms with Crippen LogP contribution in [0.15, 0.2) is 60.1 Å². The summed E-state index contributed by atoms with van der Waals surface area (Å²) in [7, 11) is -3.96. The minimum Gasteiger partial charge on any atom is -0.348 e. The number of sulfone groups is 1. The van der Waals surface area contributed by atoms with E-state index in [0.717, 1.165) is 53.4 Å². The molecule has 0 unspecified atom stereocenters. The molecule has 1 aromatic carbocycles. The first kappa shape index (κ1) is 27.9. The van der Waals surface area contributed by atoms with Gasteiger partial charge in [0.25, 0.3) is 11.8 Å². The summed E-state index contributed by atoms with van der Waals surface area (Å²) in [6.45, 7) is 2.15. The van der Waals surface area contributed by atoms with Crippen molar-refractivity contribution < 1.29 is 18.0 Å². The van der Waals surface area contributed by atoms with Gasteiger partial charge in [-0.25, -0.2) is 18.4 Å². The number of halogens is 1. The second-order valence-corrected chi connectivity index (χ2v) is 12.9. The van der Waals surface area contributed by atoms with Crippen LogP contribution in [0.5, 0.6) is 0 Å². The first-order valence-electron chi connectivity index (χ1n) is 12.6. The molecule has 0 bridgehead atoms. The number of aromatic nitrogens is 3. The lowest BCUT2D eigenvalue weighted by Crippen LogP contribution is -2.26. The SMILES string of the molecule is Cc1cccc(CS(=O)(=O)c2ncc(Cl)c(C(=O)Nc3sc4c(c3C(=O)NCc3cccnc3)CCCC4)n2)c1. The second kappa shape index (κ2) is 11.8. The molecule has 4 aromatic rings. The number of carbonyl (C=O) groups is 2. The Balaban J connectivity index is 1.41. The van der Waals surface area contributed by atoms with Crippen LogP contribution in [-0.4, -0.2) is 35.2 Å². The summed E-state index contributed by atoms with van der Waals surface area (Å²) in [4.78, 5) is 39.8. The summed E-state index contributed by atoms with van der Waals surface area (Å²) in [5.74, 6) is -1.36. The predicted octanol–water partition coefficient (Wildman–Crippen LogP) is 4.93. The number of benzene rings is 1. The molecule has 0 fully saturated rings. The van der Waals surface area contributed by atoms with Gasteiger partial charge in [-0.3, -0.25) is 14.6 Å². The average Bonchev–Trinajstić information content (AvgIpc) is 3.30. The van der Waals surface area contributed by atoms with E-state index >= 15 is 0 Å². The maximum atomic E-state index is 13.4. The monoisotopic (exact) mass is 595 g/mol. The van der Waals surface area contributed by atoms with Gasteiger partial charge in [0.1, 0.15) is 5.00 Å². The fraction of sp³-hybridized carbons (Fsp3) is 0.250. The van der Waals surface area contributed by atoms with Crippen LogP contribution in [0.25, 0.3) is 0 Å². The molecule has 206 valence electrons. The molecule has 5 rings (SSSR count). The third kappa shape index (κ3) is 6.22. The lowest BCUT2D eigenvalue weighted by atomic mass is 9.95. The van der Waals surface area contributed by atoms with Crippen molar-refractivity contribution in [2.75, 3.05) is 5.32 Å². The summed E-state index contributed by atoms with van der Waals surface area (Å²) in [5.41, 5.74) is 3.39. The highest BCUT2D eigenvalue weighted by Gasteiger charge is 2.28. The Morgan fingerprint density at radius 1 is 1.05 bits per heavy atom. The van der Waals surface area contributed by atoms with Gasteiger partial charge in [0.15, 0.2) is 5.69 Å². The lowest BCUT2D eigenvalue weighted by Gasteiger charge is -2.13. The summed E-state index contributed by atoms with van der Waals surface area (Å²) in [5, 5.41) is 5.47. The van der Waals surface area contributed by atoms with Gasteiger partial charge >= 0.3 is 0 Å². The van der Waals surface area contributed by atoms with Gasteiger partial charge in [-0.1, -0.05) is 47.5 Å². The topological polar surface area (TPSA) is 131 Å². The number of hydrogen-bond donors (Lipinski definition) is 2. The summed E-state index contributed by atoms with van der Waals surface area (Å²) >= 11 is 7.59. The highest BCUT2D eigenvalue weighted by atomic mass is 35.5. The number of aryl methyl sites for hydroxylation is 2. The van der Waals surface area contributed by atoms with Gasteiger partial charge < -0.3 is 10.6 Å². The van der Waals surface area contributed by atoms with E-state index in [-0.39, 0.29) is 28.9 Å². The van der Waals surface area contributed by atoms with E-state index in [9.17, 15) is 18.0 Å². The Hall–Kier alpha value is -3.67. The summed E-state index contributed by atoms with van der Waals surface area (Å²) in [6.07, 6.45) is 7.92. The van der Waals surface area contributed by atoms with Crippen molar-refractivity contribution >= 4 is 49.6 Å². The van der Waals surface area contributed by atoms with Crippen LogP contribution in [0.1, 0.15) is 60.8 Å². The number of pyridine rings is 1. The highest BCUT2D eigenvalue weighted by molar-refractivity contribution is 7.90. The standard InChI is InChI=1S/C28H26ClN5O4S2/c1-17-6-4-7-18(12-17)16-40(37,38)28-32-15-21(29)24(33-28)26(36)34-27-23(20-9-2-3-10-22(20)39-27)25(35)31-14-19-8-5-11-30-13-19/h4-8,11-13,15H,2-3,9-10,14,16H2,1H3,(H,31,35)(H,34,36). The number of fused-ring (bicyclic) bond motifs is 1. The normalized spacial score (nSPS) is 12.9. The number of rotatable bonds is 8. The Morgan fingerprint density at radius 3 is 2.62 bits per heavy atom. The second-order valence-electron chi connectivity index (χ2n) is 9.51. The fourth-order valence-corrected chi connectivity index (χ4v) is 7.23. The zero-order valence-corrected chi connectivity index (χ0v) is 24.0. The molecule has 0 aliphatic heterocycles. The number of nitrogens with one attached hydrogen (secondary N) is 2. The minimum absolute atomic E-state index is 0.101. The van der Waals surface area contributed by atoms with Crippen LogP contribution in [0.3, 0.4) is 0 Å². The number of hydrogen-bond acceptors (Lipinski definition) is 8. The Labute approximate surface area is 241 Å². The smallest absolute Gasteiger partial charge is 0.276 e. The van der Waals surface area contributed by atoms with E-state index in [1.54, 1.807) is 36.7 Å². The van der Waals surface area contributed by atoms with E-state index in [1.165, 1.54) is 11.3 Å². The fourth-order valence-electron chi connectivity index (χ4n) is 4.58. The third-order valence-electron chi connectivity index (χ3n) is 6.46. The van der Waals surface area contributed by atoms with Gasteiger partial charge in [-0.05, 0) is 55.4 Å². The lowest BCUT2D eigenvalue weighted by molar-refractivity contribution is 0.0951. The first-order chi connectivity index (χ1) is 19.2. The number of nitrogens with zero attached hydrogens (tertiary/aromatic N) is 3. The Bertz CT molecular complexity index is 1690. The molecular weight excluding hydrogens is 570 g/mol. The molecule has 0 saturated heterocycles. The first-order valence-corrected chi connectivity index (χ1v) is 15.5. The molecule has 2 N–H and O–H groups in total. The molecule has 0 radical (unpaired) electrons. The van der Waals surface area contributed by atoms with Gasteiger partial charge in [0, 0.05) is 23.8 Å². The summed E-state index contributed by atoms with van der Waals surface area (Å²) in [6, 6.07) is 10.8. The molecule has 1 aliphatic carbocycles.